The Morgan fingerprint density at radius 2 is 1.83 bits per heavy atom. The van der Waals surface area contributed by atoms with E-state index in [4.69, 9.17) is 17.3 Å². The van der Waals surface area contributed by atoms with Crippen molar-refractivity contribution in [3.63, 3.8) is 0 Å². The van der Waals surface area contributed by atoms with Crippen LogP contribution in [0.15, 0.2) is 30.8 Å². The first-order chi connectivity index (χ1) is 5.61. The number of thiocarbonyl (C=S) groups is 1. The van der Waals surface area contributed by atoms with Gasteiger partial charge in [-0.05, 0) is 30.2 Å². The lowest BCUT2D eigenvalue weighted by Crippen LogP contribution is -1.90. The van der Waals surface area contributed by atoms with E-state index in [1.807, 2.05) is 6.92 Å². The minimum absolute atomic E-state index is 0.258. The quantitative estimate of drug-likeness (QED) is 0.555. The van der Waals surface area contributed by atoms with Crippen LogP contribution in [0.4, 0.5) is 0 Å². The van der Waals surface area contributed by atoms with E-state index in [1.165, 1.54) is 0 Å². The molecule has 1 rings (SSSR count). The lowest BCUT2D eigenvalue weighted by Gasteiger charge is -2.02. The van der Waals surface area contributed by atoms with Crippen LogP contribution < -0.4 is 0 Å². The van der Waals surface area contributed by atoms with Crippen LogP contribution in [0.1, 0.15) is 12.5 Å². The van der Waals surface area contributed by atoms with Crippen molar-refractivity contribution in [3.05, 3.63) is 36.4 Å². The summed E-state index contributed by atoms with van der Waals surface area (Å²) in [5.41, 5.74) is 1.80. The average molecular weight is 178 g/mol. The van der Waals surface area contributed by atoms with E-state index >= 15 is 0 Å². The molecule has 0 aromatic heterocycles. The number of benzene rings is 1. The number of hydrogen-bond acceptors (Lipinski definition) is 2. The van der Waals surface area contributed by atoms with Gasteiger partial charge >= 0.3 is 0 Å². The van der Waals surface area contributed by atoms with Gasteiger partial charge in [0.25, 0.3) is 0 Å². The van der Waals surface area contributed by atoms with E-state index in [0.717, 1.165) is 16.0 Å². The average Bonchev–Trinajstić information content (AvgIpc) is 2.04. The van der Waals surface area contributed by atoms with Gasteiger partial charge in [-0.25, -0.2) is 0 Å². The van der Waals surface area contributed by atoms with Crippen molar-refractivity contribution >= 4 is 22.7 Å². The largest absolute Gasteiger partial charge is 0.508 e. The normalized spacial score (nSPS) is 9.42. The van der Waals surface area contributed by atoms with Gasteiger partial charge in [0.05, 0.1) is 0 Å². The van der Waals surface area contributed by atoms with Crippen molar-refractivity contribution in [3.8, 4) is 5.75 Å². The van der Waals surface area contributed by atoms with Crippen LogP contribution in [-0.4, -0.2) is 9.97 Å². The van der Waals surface area contributed by atoms with Gasteiger partial charge in [-0.3, -0.25) is 0 Å². The number of phenolic OH excluding ortho intramolecular Hbond substituents is 1. The molecule has 0 radical (unpaired) electrons. The van der Waals surface area contributed by atoms with Crippen LogP contribution >= 0.6 is 12.2 Å². The zero-order chi connectivity index (χ0) is 9.14. The van der Waals surface area contributed by atoms with Gasteiger partial charge in [-0.1, -0.05) is 30.9 Å². The fraction of sp³-hybridized carbons (Fsp3) is 0.100. The molecule has 2 heteroatoms. The Kier molecular flexibility index (Phi) is 2.61. The molecule has 0 heterocycles. The topological polar surface area (TPSA) is 20.2 Å². The molecule has 62 valence electrons. The lowest BCUT2D eigenvalue weighted by atomic mass is 10.1. The van der Waals surface area contributed by atoms with Crippen LogP contribution in [0, 0.1) is 0 Å². The molecule has 0 atom stereocenters. The lowest BCUT2D eigenvalue weighted by molar-refractivity contribution is 0.475. The number of rotatable bonds is 2. The van der Waals surface area contributed by atoms with Crippen molar-refractivity contribution in [1.29, 1.82) is 0 Å². The monoisotopic (exact) mass is 178 g/mol. The molecular weight excluding hydrogens is 168 g/mol. The highest BCUT2D eigenvalue weighted by atomic mass is 32.1. The number of phenols is 1. The summed E-state index contributed by atoms with van der Waals surface area (Å²) in [5.74, 6) is 0.258. The first kappa shape index (κ1) is 8.94. The molecule has 0 unspecified atom stereocenters. The fourth-order valence-electron chi connectivity index (χ4n) is 0.866. The zero-order valence-corrected chi connectivity index (χ0v) is 7.69. The minimum Gasteiger partial charge on any atom is -0.508 e. The maximum Gasteiger partial charge on any atom is 0.115 e. The van der Waals surface area contributed by atoms with Gasteiger partial charge in [0, 0.05) is 4.86 Å². The predicted octanol–water partition coefficient (Wildman–Crippen LogP) is 2.80. The summed E-state index contributed by atoms with van der Waals surface area (Å²) in [6.07, 6.45) is 0. The third-order valence-electron chi connectivity index (χ3n) is 1.64. The van der Waals surface area contributed by atoms with Crippen molar-refractivity contribution < 1.29 is 5.11 Å². The summed E-state index contributed by atoms with van der Waals surface area (Å²) in [6.45, 7) is 5.67. The first-order valence-corrected chi connectivity index (χ1v) is 4.01. The van der Waals surface area contributed by atoms with Crippen LogP contribution in [0.2, 0.25) is 0 Å². The van der Waals surface area contributed by atoms with Gasteiger partial charge in [0.2, 0.25) is 0 Å². The van der Waals surface area contributed by atoms with Crippen LogP contribution in [0.5, 0.6) is 5.75 Å². The highest BCUT2D eigenvalue weighted by Gasteiger charge is 1.99. The number of aromatic hydroxyl groups is 1. The number of allylic oxidation sites excluding steroid dienone is 1. The third-order valence-corrected chi connectivity index (χ3v) is 1.89. The molecule has 0 aliphatic heterocycles. The molecule has 1 aromatic carbocycles. The molecular formula is C10H10OS. The Bertz CT molecular complexity index is 311. The van der Waals surface area contributed by atoms with Crippen molar-refractivity contribution in [1.82, 2.24) is 0 Å². The number of hydrogen-bond donors (Lipinski definition) is 1. The molecule has 0 fully saturated rings. The van der Waals surface area contributed by atoms with E-state index in [1.54, 1.807) is 24.3 Å². The summed E-state index contributed by atoms with van der Waals surface area (Å²) in [6, 6.07) is 6.85. The van der Waals surface area contributed by atoms with E-state index in [0.29, 0.717) is 0 Å². The first-order valence-electron chi connectivity index (χ1n) is 3.60. The van der Waals surface area contributed by atoms with Crippen LogP contribution in [0.25, 0.3) is 5.57 Å². The third kappa shape index (κ3) is 1.92. The highest BCUT2D eigenvalue weighted by Crippen LogP contribution is 2.17. The molecule has 0 saturated carbocycles. The Morgan fingerprint density at radius 3 is 2.25 bits per heavy atom. The van der Waals surface area contributed by atoms with Crippen molar-refractivity contribution in [2.24, 2.45) is 0 Å². The van der Waals surface area contributed by atoms with Gasteiger partial charge in [-0.2, -0.15) is 0 Å². The molecule has 0 spiro atoms. The Labute approximate surface area is 77.4 Å². The molecule has 0 saturated heterocycles. The highest BCUT2D eigenvalue weighted by molar-refractivity contribution is 7.81. The Morgan fingerprint density at radius 1 is 1.33 bits per heavy atom. The van der Waals surface area contributed by atoms with Crippen molar-refractivity contribution in [2.45, 2.75) is 6.92 Å². The van der Waals surface area contributed by atoms with E-state index < -0.39 is 0 Å². The summed E-state index contributed by atoms with van der Waals surface area (Å²) >= 11 is 4.97. The molecule has 1 aromatic rings. The minimum atomic E-state index is 0.258. The second kappa shape index (κ2) is 3.50. The molecule has 0 aliphatic rings. The van der Waals surface area contributed by atoms with Gasteiger partial charge in [-0.15, -0.1) is 0 Å². The standard InChI is InChI=1S/C10H10OS/c1-7(8(2)12)9-3-5-10(11)6-4-9/h3-6,11H,1H2,2H3. The molecule has 0 bridgehead atoms. The molecule has 0 amide bonds. The van der Waals surface area contributed by atoms with Gasteiger partial charge < -0.3 is 5.11 Å². The Balaban J connectivity index is 2.98. The summed E-state index contributed by atoms with van der Waals surface area (Å²) < 4.78 is 0. The van der Waals surface area contributed by atoms with Crippen LogP contribution in [-0.2, 0) is 0 Å². The second-order valence-corrected chi connectivity index (χ2v) is 3.19. The van der Waals surface area contributed by atoms with Gasteiger partial charge in [0.15, 0.2) is 0 Å². The van der Waals surface area contributed by atoms with E-state index in [9.17, 15) is 0 Å². The second-order valence-electron chi connectivity index (χ2n) is 2.58. The van der Waals surface area contributed by atoms with Gasteiger partial charge in [0.1, 0.15) is 5.75 Å². The predicted molar refractivity (Wildman–Crippen MR) is 55.4 cm³/mol. The maximum absolute atomic E-state index is 9.01. The van der Waals surface area contributed by atoms with E-state index in [-0.39, 0.29) is 5.75 Å². The summed E-state index contributed by atoms with van der Waals surface area (Å²) in [7, 11) is 0. The SMILES string of the molecule is C=C(C(C)=S)c1ccc(O)cc1. The Hall–Kier alpha value is -1.15. The summed E-state index contributed by atoms with van der Waals surface area (Å²) in [4.78, 5) is 0.778. The zero-order valence-electron chi connectivity index (χ0n) is 6.87. The van der Waals surface area contributed by atoms with E-state index in [2.05, 4.69) is 6.58 Å². The molecule has 1 nitrogen and oxygen atoms in total. The maximum atomic E-state index is 9.01. The summed E-state index contributed by atoms with van der Waals surface area (Å²) in [5, 5.41) is 9.01. The molecule has 0 aliphatic carbocycles. The fourth-order valence-corrected chi connectivity index (χ4v) is 0.984. The smallest absolute Gasteiger partial charge is 0.115 e. The molecule has 12 heavy (non-hydrogen) atoms. The van der Waals surface area contributed by atoms with Crippen molar-refractivity contribution in [2.75, 3.05) is 0 Å². The molecule has 1 N–H and O–H groups in total. The van der Waals surface area contributed by atoms with Crippen LogP contribution in [0.3, 0.4) is 0 Å².